The fourth-order valence-electron chi connectivity index (χ4n) is 2.92. The summed E-state index contributed by atoms with van der Waals surface area (Å²) in [4.78, 5) is 12.3. The summed E-state index contributed by atoms with van der Waals surface area (Å²) in [5.74, 6) is -2.20. The monoisotopic (exact) mass is 362 g/mol. The van der Waals surface area contributed by atoms with Gasteiger partial charge in [-0.15, -0.1) is 0 Å². The van der Waals surface area contributed by atoms with Crippen LogP contribution in [0.3, 0.4) is 0 Å². The number of rotatable bonds is 4. The molecule has 0 amide bonds. The standard InChI is InChI=1S/C17H18Cl2F2O2/c1-8-10(9(2)13(21)6-12(8)20)7-23-16(22)15-11(5-14(18)19)17(15,3)4/h5-6,11,15H,7H2,1-4H3/t11-,15+/m0/s1. The minimum atomic E-state index is -0.652. The quantitative estimate of drug-likeness (QED) is 0.686. The van der Waals surface area contributed by atoms with E-state index in [1.54, 1.807) is 6.08 Å². The van der Waals surface area contributed by atoms with Crippen LogP contribution in [0, 0.1) is 42.7 Å². The first-order valence-electron chi connectivity index (χ1n) is 7.21. The van der Waals surface area contributed by atoms with Crippen LogP contribution >= 0.6 is 23.2 Å². The van der Waals surface area contributed by atoms with E-state index in [4.69, 9.17) is 27.9 Å². The van der Waals surface area contributed by atoms with Gasteiger partial charge in [0.25, 0.3) is 0 Å². The second-order valence-corrected chi connectivity index (χ2v) is 7.47. The minimum absolute atomic E-state index is 0.105. The molecular weight excluding hydrogens is 345 g/mol. The van der Waals surface area contributed by atoms with Crippen molar-refractivity contribution in [3.63, 3.8) is 0 Å². The number of benzene rings is 1. The largest absolute Gasteiger partial charge is 0.461 e. The van der Waals surface area contributed by atoms with E-state index in [9.17, 15) is 13.6 Å². The molecule has 1 aromatic carbocycles. The Morgan fingerprint density at radius 2 is 1.78 bits per heavy atom. The molecule has 1 aromatic rings. The molecule has 1 fully saturated rings. The zero-order valence-corrected chi connectivity index (χ0v) is 14.9. The molecule has 2 atom stereocenters. The molecule has 0 saturated heterocycles. The molecule has 0 unspecified atom stereocenters. The molecule has 0 heterocycles. The molecule has 2 nitrogen and oxygen atoms in total. The number of carbonyl (C=O) groups excluding carboxylic acids is 1. The Bertz CT molecular complexity index is 653. The van der Waals surface area contributed by atoms with Gasteiger partial charge in [0.1, 0.15) is 22.7 Å². The summed E-state index contributed by atoms with van der Waals surface area (Å²) in [6.07, 6.45) is 1.62. The predicted octanol–water partition coefficient (Wildman–Crippen LogP) is 5.22. The highest BCUT2D eigenvalue weighted by molar-refractivity contribution is 6.55. The normalized spacial score (nSPS) is 21.7. The van der Waals surface area contributed by atoms with Crippen molar-refractivity contribution in [2.24, 2.45) is 17.3 Å². The van der Waals surface area contributed by atoms with E-state index in [2.05, 4.69) is 0 Å². The average Bonchev–Trinajstić information content (AvgIpc) is 2.96. The highest BCUT2D eigenvalue weighted by atomic mass is 35.5. The Morgan fingerprint density at radius 3 is 2.26 bits per heavy atom. The molecule has 1 aliphatic carbocycles. The summed E-state index contributed by atoms with van der Waals surface area (Å²) in [6.45, 7) is 6.72. The van der Waals surface area contributed by atoms with Crippen LogP contribution in [0.15, 0.2) is 16.6 Å². The van der Waals surface area contributed by atoms with E-state index in [0.29, 0.717) is 5.56 Å². The maximum Gasteiger partial charge on any atom is 0.310 e. The number of carbonyl (C=O) groups is 1. The Balaban J connectivity index is 2.11. The predicted molar refractivity (Wildman–Crippen MR) is 86.2 cm³/mol. The first-order chi connectivity index (χ1) is 10.6. The molecule has 0 spiro atoms. The van der Waals surface area contributed by atoms with E-state index < -0.39 is 17.6 Å². The molecule has 0 bridgehead atoms. The van der Waals surface area contributed by atoms with Gasteiger partial charge in [0, 0.05) is 11.6 Å². The molecule has 2 rings (SSSR count). The van der Waals surface area contributed by atoms with E-state index in [1.807, 2.05) is 13.8 Å². The Morgan fingerprint density at radius 1 is 1.26 bits per heavy atom. The van der Waals surface area contributed by atoms with Gasteiger partial charge in [0.2, 0.25) is 0 Å². The average molecular weight is 363 g/mol. The Labute approximate surface area is 144 Å². The van der Waals surface area contributed by atoms with Crippen molar-refractivity contribution >= 4 is 29.2 Å². The molecule has 0 aliphatic heterocycles. The maximum atomic E-state index is 13.6. The number of ether oxygens (including phenoxy) is 1. The third-order valence-corrected chi connectivity index (χ3v) is 4.96. The van der Waals surface area contributed by atoms with E-state index in [1.165, 1.54) is 13.8 Å². The zero-order chi connectivity index (χ0) is 17.5. The van der Waals surface area contributed by atoms with Crippen molar-refractivity contribution in [1.82, 2.24) is 0 Å². The zero-order valence-electron chi connectivity index (χ0n) is 13.3. The molecule has 126 valence electrons. The second kappa shape index (κ2) is 6.40. The third kappa shape index (κ3) is 3.53. The lowest BCUT2D eigenvalue weighted by Gasteiger charge is -2.12. The van der Waals surface area contributed by atoms with Gasteiger partial charge in [-0.2, -0.15) is 0 Å². The van der Waals surface area contributed by atoms with Crippen LogP contribution in [0.25, 0.3) is 0 Å². The van der Waals surface area contributed by atoms with Crippen LogP contribution in [-0.2, 0) is 16.1 Å². The lowest BCUT2D eigenvalue weighted by atomic mass is 10.0. The molecule has 0 radical (unpaired) electrons. The van der Waals surface area contributed by atoms with Crippen molar-refractivity contribution in [3.05, 3.63) is 45.0 Å². The summed E-state index contributed by atoms with van der Waals surface area (Å²) >= 11 is 11.3. The van der Waals surface area contributed by atoms with Crippen LogP contribution in [0.1, 0.15) is 30.5 Å². The lowest BCUT2D eigenvalue weighted by molar-refractivity contribution is -0.147. The molecule has 23 heavy (non-hydrogen) atoms. The van der Waals surface area contributed by atoms with Crippen LogP contribution in [0.2, 0.25) is 0 Å². The van der Waals surface area contributed by atoms with Crippen LogP contribution in [-0.4, -0.2) is 5.97 Å². The van der Waals surface area contributed by atoms with Gasteiger partial charge in [-0.1, -0.05) is 37.0 Å². The Hall–Kier alpha value is -1.13. The van der Waals surface area contributed by atoms with Crippen molar-refractivity contribution in [2.45, 2.75) is 34.3 Å². The van der Waals surface area contributed by atoms with E-state index >= 15 is 0 Å². The fourth-order valence-corrected chi connectivity index (χ4v) is 3.19. The van der Waals surface area contributed by atoms with Crippen molar-refractivity contribution in [1.29, 1.82) is 0 Å². The Kier molecular flexibility index (Phi) is 5.07. The smallest absolute Gasteiger partial charge is 0.310 e. The number of allylic oxidation sites excluding steroid dienone is 1. The number of hydrogen-bond donors (Lipinski definition) is 0. The van der Waals surface area contributed by atoms with Gasteiger partial charge in [-0.3, -0.25) is 4.79 Å². The highest BCUT2D eigenvalue weighted by Gasteiger charge is 2.61. The number of hydrogen-bond acceptors (Lipinski definition) is 2. The van der Waals surface area contributed by atoms with Gasteiger partial charge in [0.05, 0.1) is 5.92 Å². The van der Waals surface area contributed by atoms with Crippen LogP contribution < -0.4 is 0 Å². The minimum Gasteiger partial charge on any atom is -0.461 e. The van der Waals surface area contributed by atoms with E-state index in [-0.39, 0.29) is 39.5 Å². The van der Waals surface area contributed by atoms with Gasteiger partial charge in [-0.05, 0) is 42.4 Å². The number of esters is 1. The first-order valence-corrected chi connectivity index (χ1v) is 7.96. The second-order valence-electron chi connectivity index (χ2n) is 6.46. The summed E-state index contributed by atoms with van der Waals surface area (Å²) in [7, 11) is 0. The first kappa shape index (κ1) is 18.2. The van der Waals surface area contributed by atoms with Crippen LogP contribution in [0.4, 0.5) is 8.78 Å². The third-order valence-electron chi connectivity index (χ3n) is 4.70. The van der Waals surface area contributed by atoms with E-state index in [0.717, 1.165) is 6.07 Å². The molecule has 1 saturated carbocycles. The van der Waals surface area contributed by atoms with Gasteiger partial charge >= 0.3 is 5.97 Å². The molecule has 0 N–H and O–H groups in total. The maximum absolute atomic E-state index is 13.6. The van der Waals surface area contributed by atoms with Crippen molar-refractivity contribution in [3.8, 4) is 0 Å². The molecule has 0 aromatic heterocycles. The van der Waals surface area contributed by atoms with Gasteiger partial charge in [0.15, 0.2) is 0 Å². The number of halogens is 4. The lowest BCUT2D eigenvalue weighted by Crippen LogP contribution is -2.12. The van der Waals surface area contributed by atoms with Crippen molar-refractivity contribution < 1.29 is 18.3 Å². The van der Waals surface area contributed by atoms with Gasteiger partial charge in [-0.25, -0.2) is 8.78 Å². The molecular formula is C17H18Cl2F2O2. The summed E-state index contributed by atoms with van der Waals surface area (Å²) < 4.78 is 32.6. The molecule has 6 heteroatoms. The topological polar surface area (TPSA) is 26.3 Å². The summed E-state index contributed by atoms with van der Waals surface area (Å²) in [5.41, 5.74) is 0.624. The van der Waals surface area contributed by atoms with Crippen LogP contribution in [0.5, 0.6) is 0 Å². The fraction of sp³-hybridized carbons (Fsp3) is 0.471. The summed E-state index contributed by atoms with van der Waals surface area (Å²) in [6, 6.07) is 0.837. The van der Waals surface area contributed by atoms with Crippen molar-refractivity contribution in [2.75, 3.05) is 0 Å². The summed E-state index contributed by atoms with van der Waals surface area (Å²) in [5, 5.41) is 0. The highest BCUT2D eigenvalue weighted by Crippen LogP contribution is 2.60. The SMILES string of the molecule is Cc1c(F)cc(F)c(C)c1COC(=O)[C@H]1[C@H](C=C(Cl)Cl)C1(C)C. The van der Waals surface area contributed by atoms with Gasteiger partial charge < -0.3 is 4.74 Å². The molecule has 1 aliphatic rings.